The van der Waals surface area contributed by atoms with Crippen molar-refractivity contribution in [2.45, 2.75) is 25.3 Å². The first-order chi connectivity index (χ1) is 14.1. The lowest BCUT2D eigenvalue weighted by Gasteiger charge is -2.32. The Balaban J connectivity index is 1.65. The Bertz CT molecular complexity index is 1110. The van der Waals surface area contributed by atoms with E-state index < -0.39 is 0 Å². The number of fused-ring (bicyclic) bond motifs is 3. The van der Waals surface area contributed by atoms with Crippen LogP contribution in [0.5, 0.6) is 0 Å². The lowest BCUT2D eigenvalue weighted by Crippen LogP contribution is -2.30. The first kappa shape index (κ1) is 17.8. The van der Waals surface area contributed by atoms with Gasteiger partial charge >= 0.3 is 0 Å². The molecule has 0 unspecified atom stereocenters. The molecule has 0 fully saturated rings. The minimum absolute atomic E-state index is 0.204. The van der Waals surface area contributed by atoms with Crippen molar-refractivity contribution in [3.63, 3.8) is 0 Å². The van der Waals surface area contributed by atoms with Gasteiger partial charge in [0.25, 0.3) is 0 Å². The van der Waals surface area contributed by atoms with Crippen LogP contribution in [-0.2, 0) is 5.54 Å². The molecule has 5 rings (SSSR count). The van der Waals surface area contributed by atoms with Gasteiger partial charge in [-0.1, -0.05) is 91.0 Å². The van der Waals surface area contributed by atoms with E-state index in [0.29, 0.717) is 0 Å². The molecule has 0 spiro atoms. The molecule has 1 N–H and O–H groups in total. The first-order valence-corrected chi connectivity index (χ1v) is 10.3. The predicted molar refractivity (Wildman–Crippen MR) is 122 cm³/mol. The van der Waals surface area contributed by atoms with Gasteiger partial charge in [-0.3, -0.25) is 0 Å². The molecule has 4 aromatic rings. The van der Waals surface area contributed by atoms with E-state index >= 15 is 0 Å². The minimum Gasteiger partial charge on any atom is -0.376 e. The fraction of sp³-hybridized carbons (Fsp3) is 0.143. The summed E-state index contributed by atoms with van der Waals surface area (Å²) in [5, 5.41) is 3.75. The second-order valence-electron chi connectivity index (χ2n) is 8.31. The zero-order valence-corrected chi connectivity index (χ0v) is 16.9. The summed E-state index contributed by atoms with van der Waals surface area (Å²) in [4.78, 5) is 0. The molecule has 0 saturated carbocycles. The van der Waals surface area contributed by atoms with Crippen molar-refractivity contribution >= 4 is 5.69 Å². The lowest BCUT2D eigenvalue weighted by atomic mass is 9.80. The average Bonchev–Trinajstić information content (AvgIpc) is 3.09. The number of anilines is 1. The smallest absolute Gasteiger partial charge is 0.0572 e. The van der Waals surface area contributed by atoms with Gasteiger partial charge in [-0.05, 0) is 59.4 Å². The monoisotopic (exact) mass is 375 g/mol. The molecular formula is C28H25N. The van der Waals surface area contributed by atoms with Gasteiger partial charge in [0.1, 0.15) is 0 Å². The van der Waals surface area contributed by atoms with Crippen LogP contribution in [-0.4, -0.2) is 0 Å². The third-order valence-corrected chi connectivity index (χ3v) is 6.01. The zero-order valence-electron chi connectivity index (χ0n) is 16.9. The molecule has 1 nitrogen and oxygen atoms in total. The van der Waals surface area contributed by atoms with E-state index in [4.69, 9.17) is 0 Å². The zero-order chi connectivity index (χ0) is 19.8. The van der Waals surface area contributed by atoms with Crippen molar-refractivity contribution in [2.24, 2.45) is 0 Å². The molecule has 142 valence electrons. The van der Waals surface area contributed by atoms with Gasteiger partial charge in [0.05, 0.1) is 5.54 Å². The number of hydrogen-bond donors (Lipinski definition) is 1. The van der Waals surface area contributed by atoms with Crippen LogP contribution in [0.1, 0.15) is 42.0 Å². The van der Waals surface area contributed by atoms with Crippen LogP contribution in [0.3, 0.4) is 0 Å². The van der Waals surface area contributed by atoms with E-state index in [9.17, 15) is 0 Å². The molecule has 1 aliphatic rings. The quantitative estimate of drug-likeness (QED) is 0.350. The van der Waals surface area contributed by atoms with E-state index in [1.165, 1.54) is 33.4 Å². The van der Waals surface area contributed by atoms with Crippen LogP contribution in [0.2, 0.25) is 0 Å². The molecule has 0 radical (unpaired) electrons. The maximum atomic E-state index is 3.75. The Kier molecular flexibility index (Phi) is 4.24. The van der Waals surface area contributed by atoms with E-state index in [0.717, 1.165) is 5.69 Å². The maximum Gasteiger partial charge on any atom is 0.0572 e. The molecule has 0 amide bonds. The maximum absolute atomic E-state index is 3.75. The molecule has 0 aliphatic heterocycles. The van der Waals surface area contributed by atoms with E-state index in [1.54, 1.807) is 0 Å². The van der Waals surface area contributed by atoms with Crippen molar-refractivity contribution in [1.82, 2.24) is 0 Å². The molecule has 0 heterocycles. The van der Waals surface area contributed by atoms with Gasteiger partial charge in [0, 0.05) is 11.6 Å². The Labute approximate surface area is 173 Å². The molecule has 0 atom stereocenters. The second kappa shape index (κ2) is 6.93. The summed E-state index contributed by atoms with van der Waals surface area (Å²) in [6.45, 7) is 4.54. The number of benzene rings is 4. The van der Waals surface area contributed by atoms with Gasteiger partial charge in [0.2, 0.25) is 0 Å². The highest BCUT2D eigenvalue weighted by molar-refractivity contribution is 5.81. The molecule has 1 aliphatic carbocycles. The molecule has 0 aromatic heterocycles. The largest absolute Gasteiger partial charge is 0.376 e. The van der Waals surface area contributed by atoms with Gasteiger partial charge in [-0.2, -0.15) is 0 Å². The fourth-order valence-corrected chi connectivity index (χ4v) is 4.76. The van der Waals surface area contributed by atoms with Crippen LogP contribution in [0.25, 0.3) is 11.1 Å². The number of para-hydroxylation sites is 1. The fourth-order valence-electron chi connectivity index (χ4n) is 4.76. The highest BCUT2D eigenvalue weighted by atomic mass is 15.0. The first-order valence-electron chi connectivity index (χ1n) is 10.3. The van der Waals surface area contributed by atoms with Crippen molar-refractivity contribution < 1.29 is 0 Å². The van der Waals surface area contributed by atoms with Crippen molar-refractivity contribution in [2.75, 3.05) is 5.32 Å². The molecule has 0 bridgehead atoms. The third kappa shape index (κ3) is 3.03. The van der Waals surface area contributed by atoms with Crippen LogP contribution >= 0.6 is 0 Å². The second-order valence-corrected chi connectivity index (χ2v) is 8.31. The number of nitrogens with one attached hydrogen (secondary N) is 1. The standard InChI is InChI=1S/C28H25N/c1-28(2,29-20-12-4-3-5-13-20)26-19-11-10-18-25(26)27-23-16-8-6-14-21(23)22-15-7-9-17-24(22)27/h3-19,27,29H,1-2H3. The normalized spacial score (nSPS) is 13.0. The Morgan fingerprint density at radius 1 is 0.552 bits per heavy atom. The van der Waals surface area contributed by atoms with Crippen LogP contribution in [0.4, 0.5) is 5.69 Å². The summed E-state index contributed by atoms with van der Waals surface area (Å²) in [7, 11) is 0. The molecule has 4 aromatic carbocycles. The van der Waals surface area contributed by atoms with Crippen LogP contribution < -0.4 is 5.32 Å². The number of hydrogen-bond acceptors (Lipinski definition) is 1. The van der Waals surface area contributed by atoms with Gasteiger partial charge < -0.3 is 5.32 Å². The highest BCUT2D eigenvalue weighted by Gasteiger charge is 2.33. The SMILES string of the molecule is CC(C)(Nc1ccccc1)c1ccccc1C1c2ccccc2-c2ccccc21. The molecule has 0 saturated heterocycles. The van der Waals surface area contributed by atoms with Crippen LogP contribution in [0.15, 0.2) is 103 Å². The summed E-state index contributed by atoms with van der Waals surface area (Å²) in [6.07, 6.45) is 0. The molecule has 1 heteroatoms. The molecule has 29 heavy (non-hydrogen) atoms. The van der Waals surface area contributed by atoms with Crippen molar-refractivity contribution in [1.29, 1.82) is 0 Å². The Morgan fingerprint density at radius 2 is 1.03 bits per heavy atom. The Hall–Kier alpha value is -3.32. The number of rotatable bonds is 4. The summed E-state index contributed by atoms with van der Waals surface area (Å²) in [5.74, 6) is 0.260. The van der Waals surface area contributed by atoms with Gasteiger partial charge in [-0.15, -0.1) is 0 Å². The summed E-state index contributed by atoms with van der Waals surface area (Å²) in [6, 6.07) is 37.0. The van der Waals surface area contributed by atoms with E-state index in [-0.39, 0.29) is 11.5 Å². The highest BCUT2D eigenvalue weighted by Crippen LogP contribution is 2.49. The predicted octanol–water partition coefficient (Wildman–Crippen LogP) is 7.19. The van der Waals surface area contributed by atoms with E-state index in [2.05, 4.69) is 122 Å². The van der Waals surface area contributed by atoms with Crippen LogP contribution in [0, 0.1) is 0 Å². The topological polar surface area (TPSA) is 12.0 Å². The van der Waals surface area contributed by atoms with Gasteiger partial charge in [-0.25, -0.2) is 0 Å². The summed E-state index contributed by atoms with van der Waals surface area (Å²) in [5.41, 5.74) is 9.16. The molecular weight excluding hydrogens is 350 g/mol. The average molecular weight is 376 g/mol. The van der Waals surface area contributed by atoms with Gasteiger partial charge in [0.15, 0.2) is 0 Å². The summed E-state index contributed by atoms with van der Waals surface area (Å²) < 4.78 is 0. The lowest BCUT2D eigenvalue weighted by molar-refractivity contribution is 0.600. The van der Waals surface area contributed by atoms with Crippen molar-refractivity contribution in [3.8, 4) is 11.1 Å². The third-order valence-electron chi connectivity index (χ3n) is 6.01. The Morgan fingerprint density at radius 3 is 1.66 bits per heavy atom. The summed E-state index contributed by atoms with van der Waals surface area (Å²) >= 11 is 0. The minimum atomic E-state index is -0.204. The van der Waals surface area contributed by atoms with Crippen molar-refractivity contribution in [3.05, 3.63) is 125 Å². The van der Waals surface area contributed by atoms with E-state index in [1.807, 2.05) is 0 Å².